The standard InChI is InChI=1S/C18H22F2Se/c1-2-12-5-7-13(8-6-12)14-9-10-15(18(20)17(14)19)16-4-3-11-21-16/h3-4,9-13H,2,5-8,21H2,1H3. The van der Waals surface area contributed by atoms with Crippen LogP contribution in [0.5, 0.6) is 0 Å². The molecule has 0 unspecified atom stereocenters. The van der Waals surface area contributed by atoms with Crippen LogP contribution in [0, 0.1) is 17.6 Å². The number of allylic oxidation sites excluding steroid dienone is 2. The van der Waals surface area contributed by atoms with Gasteiger partial charge in [-0.25, -0.2) is 0 Å². The Kier molecular flexibility index (Phi) is 4.61. The minimum absolute atomic E-state index is 0.197. The summed E-state index contributed by atoms with van der Waals surface area (Å²) in [5.74, 6) is -0.271. The molecule has 0 bridgehead atoms. The Morgan fingerprint density at radius 3 is 2.48 bits per heavy atom. The van der Waals surface area contributed by atoms with E-state index in [1.54, 1.807) is 6.07 Å². The molecule has 2 aliphatic rings. The quantitative estimate of drug-likeness (QED) is 0.691. The first-order valence-electron chi connectivity index (χ1n) is 7.82. The van der Waals surface area contributed by atoms with Crippen molar-refractivity contribution in [1.29, 1.82) is 0 Å². The van der Waals surface area contributed by atoms with E-state index < -0.39 is 26.6 Å². The van der Waals surface area contributed by atoms with E-state index in [1.165, 1.54) is 6.42 Å². The molecule has 0 radical (unpaired) electrons. The number of hydrogen-bond donors (Lipinski definition) is 0. The second-order valence-corrected chi connectivity index (χ2v) is 8.48. The van der Waals surface area contributed by atoms with Crippen LogP contribution in [-0.4, -0.2) is 15.0 Å². The molecule has 0 amide bonds. The normalized spacial score (nSPS) is 27.1. The van der Waals surface area contributed by atoms with Crippen LogP contribution in [0.25, 0.3) is 4.47 Å². The van der Waals surface area contributed by atoms with E-state index in [4.69, 9.17) is 0 Å². The van der Waals surface area contributed by atoms with Crippen LogP contribution in [0.3, 0.4) is 0 Å². The molecule has 1 aliphatic carbocycles. The van der Waals surface area contributed by atoms with Crippen molar-refractivity contribution in [3.05, 3.63) is 52.0 Å². The third kappa shape index (κ3) is 3.00. The topological polar surface area (TPSA) is 0 Å². The molecule has 114 valence electrons. The third-order valence-corrected chi connectivity index (χ3v) is 7.18. The van der Waals surface area contributed by atoms with Gasteiger partial charge in [0, 0.05) is 0 Å². The number of halogens is 2. The van der Waals surface area contributed by atoms with Crippen molar-refractivity contribution in [3.63, 3.8) is 0 Å². The van der Waals surface area contributed by atoms with E-state index in [0.717, 1.165) is 36.1 Å². The van der Waals surface area contributed by atoms with Gasteiger partial charge in [0.2, 0.25) is 0 Å². The summed E-state index contributed by atoms with van der Waals surface area (Å²) in [6.07, 6.45) is 9.35. The van der Waals surface area contributed by atoms with Gasteiger partial charge in [-0.1, -0.05) is 0 Å². The molecule has 0 saturated heterocycles. The van der Waals surface area contributed by atoms with Gasteiger partial charge in [0.05, 0.1) is 0 Å². The molecule has 0 N–H and O–H groups in total. The number of rotatable bonds is 3. The van der Waals surface area contributed by atoms with E-state index in [2.05, 4.69) is 11.9 Å². The Morgan fingerprint density at radius 2 is 1.86 bits per heavy atom. The summed E-state index contributed by atoms with van der Waals surface area (Å²) >= 11 is -0.426. The third-order valence-electron chi connectivity index (χ3n) is 4.86. The zero-order valence-corrected chi connectivity index (χ0v) is 14.4. The molecule has 3 heteroatoms. The summed E-state index contributed by atoms with van der Waals surface area (Å²) in [5.41, 5.74) is 1.07. The van der Waals surface area contributed by atoms with Gasteiger partial charge in [0.1, 0.15) is 0 Å². The summed E-state index contributed by atoms with van der Waals surface area (Å²) in [4.78, 5) is 2.09. The average molecular weight is 355 g/mol. The average Bonchev–Trinajstić information content (AvgIpc) is 3.04. The van der Waals surface area contributed by atoms with Crippen LogP contribution in [0.2, 0.25) is 0 Å². The van der Waals surface area contributed by atoms with Gasteiger partial charge in [-0.05, 0) is 0 Å². The van der Waals surface area contributed by atoms with Crippen LogP contribution >= 0.6 is 0 Å². The number of benzene rings is 1. The molecule has 1 heterocycles. The van der Waals surface area contributed by atoms with E-state index in [1.807, 2.05) is 18.2 Å². The molecule has 0 aromatic heterocycles. The molecular formula is C18H22F2Se. The zero-order chi connectivity index (χ0) is 14.8. The molecule has 1 aliphatic heterocycles. The molecular weight excluding hydrogens is 333 g/mol. The second-order valence-electron chi connectivity index (χ2n) is 6.04. The molecule has 0 atom stereocenters. The Hall–Kier alpha value is -0.921. The summed E-state index contributed by atoms with van der Waals surface area (Å²) in [6.45, 7) is 2.22. The minimum atomic E-state index is -0.635. The first-order valence-corrected chi connectivity index (χ1v) is 10.1. The summed E-state index contributed by atoms with van der Waals surface area (Å²) in [7, 11) is 0. The first-order chi connectivity index (χ1) is 10.2. The molecule has 1 aromatic carbocycles. The van der Waals surface area contributed by atoms with E-state index >= 15 is 0 Å². The van der Waals surface area contributed by atoms with Crippen molar-refractivity contribution < 1.29 is 8.78 Å². The predicted octanol–water partition coefficient (Wildman–Crippen LogP) is 4.69. The van der Waals surface area contributed by atoms with Gasteiger partial charge in [-0.3, -0.25) is 0 Å². The van der Waals surface area contributed by atoms with Crippen LogP contribution < -0.4 is 0 Å². The summed E-state index contributed by atoms with van der Waals surface area (Å²) in [6, 6.07) is 3.62. The van der Waals surface area contributed by atoms with Gasteiger partial charge in [0.15, 0.2) is 0 Å². The second kappa shape index (κ2) is 6.46. The number of hydrogen-bond acceptors (Lipinski definition) is 0. The van der Waals surface area contributed by atoms with Gasteiger partial charge in [0.25, 0.3) is 0 Å². The van der Waals surface area contributed by atoms with Crippen LogP contribution in [-0.2, 0) is 0 Å². The molecule has 1 fully saturated rings. The van der Waals surface area contributed by atoms with Crippen molar-refractivity contribution in [2.75, 3.05) is 0 Å². The van der Waals surface area contributed by atoms with E-state index in [0.29, 0.717) is 11.1 Å². The molecule has 0 spiro atoms. The Bertz CT molecular complexity index is 581. The summed E-state index contributed by atoms with van der Waals surface area (Å²) in [5, 5.41) is 0. The van der Waals surface area contributed by atoms with Crippen LogP contribution in [0.4, 0.5) is 8.78 Å². The predicted molar refractivity (Wildman–Crippen MR) is 87.0 cm³/mol. The molecule has 1 saturated carbocycles. The Morgan fingerprint density at radius 1 is 1.10 bits per heavy atom. The fourth-order valence-corrected chi connectivity index (χ4v) is 5.38. The summed E-state index contributed by atoms with van der Waals surface area (Å²) < 4.78 is 29.9. The van der Waals surface area contributed by atoms with Gasteiger partial charge < -0.3 is 0 Å². The maximum absolute atomic E-state index is 14.5. The van der Waals surface area contributed by atoms with Crippen LogP contribution in [0.1, 0.15) is 56.1 Å². The van der Waals surface area contributed by atoms with Crippen molar-refractivity contribution in [3.8, 4) is 0 Å². The van der Waals surface area contributed by atoms with Crippen molar-refractivity contribution in [2.24, 2.45) is 5.92 Å². The monoisotopic (exact) mass is 356 g/mol. The van der Waals surface area contributed by atoms with Crippen molar-refractivity contribution in [2.45, 2.75) is 44.9 Å². The van der Waals surface area contributed by atoms with Crippen molar-refractivity contribution in [1.82, 2.24) is 0 Å². The zero-order valence-electron chi connectivity index (χ0n) is 12.3. The van der Waals surface area contributed by atoms with Gasteiger partial charge >= 0.3 is 131 Å². The molecule has 21 heavy (non-hydrogen) atoms. The molecule has 1 aromatic rings. The van der Waals surface area contributed by atoms with Crippen molar-refractivity contribution >= 4 is 19.4 Å². The van der Waals surface area contributed by atoms with E-state index in [9.17, 15) is 8.78 Å². The van der Waals surface area contributed by atoms with Crippen LogP contribution in [0.15, 0.2) is 29.3 Å². The first kappa shape index (κ1) is 15.0. The fraction of sp³-hybridized carbons (Fsp3) is 0.444. The maximum atomic E-state index is 14.5. The molecule has 0 nitrogen and oxygen atoms in total. The Balaban J connectivity index is 1.83. The SMILES string of the molecule is CCC1CCC(c2ccc(C3=CC=C[SeH2]3)c(F)c2F)CC1. The van der Waals surface area contributed by atoms with E-state index in [-0.39, 0.29) is 5.92 Å². The Labute approximate surface area is 131 Å². The van der Waals surface area contributed by atoms with Gasteiger partial charge in [-0.15, -0.1) is 0 Å². The van der Waals surface area contributed by atoms with Gasteiger partial charge in [-0.2, -0.15) is 0 Å². The molecule has 3 rings (SSSR count). The fourth-order valence-electron chi connectivity index (χ4n) is 3.47.